The summed E-state index contributed by atoms with van der Waals surface area (Å²) < 4.78 is 95.0. The van der Waals surface area contributed by atoms with Gasteiger partial charge in [-0.3, -0.25) is 4.79 Å². The van der Waals surface area contributed by atoms with Gasteiger partial charge in [0.05, 0.1) is 23.2 Å². The zero-order valence-electron chi connectivity index (χ0n) is 23.4. The fourth-order valence-corrected chi connectivity index (χ4v) is 6.08. The van der Waals surface area contributed by atoms with Crippen LogP contribution in [-0.4, -0.2) is 64.5 Å². The highest BCUT2D eigenvalue weighted by molar-refractivity contribution is 5.80. The third-order valence-corrected chi connectivity index (χ3v) is 8.41. The number of aliphatic hydroxyl groups excluding tert-OH is 1. The number of benzene rings is 2. The normalized spacial score (nSPS) is 22.5. The molecule has 2 aromatic rings. The maximum atomic E-state index is 14.0. The summed E-state index contributed by atoms with van der Waals surface area (Å²) >= 11 is 0. The average Bonchev–Trinajstić information content (AvgIpc) is 3.34. The maximum absolute atomic E-state index is 14.0. The van der Waals surface area contributed by atoms with Crippen LogP contribution in [0.2, 0.25) is 0 Å². The Balaban J connectivity index is 1.71. The number of amides is 3. The van der Waals surface area contributed by atoms with Gasteiger partial charge in [-0.05, 0) is 80.1 Å². The third-order valence-electron chi connectivity index (χ3n) is 8.41. The van der Waals surface area contributed by atoms with Crippen LogP contribution in [0.15, 0.2) is 36.4 Å². The Morgan fingerprint density at radius 2 is 1.57 bits per heavy atom. The highest BCUT2D eigenvalue weighted by atomic mass is 19.4. The number of piperidine rings is 1. The van der Waals surface area contributed by atoms with Gasteiger partial charge >= 0.3 is 18.4 Å². The molecule has 0 aromatic heterocycles. The lowest BCUT2D eigenvalue weighted by Gasteiger charge is -2.45. The number of aliphatic hydroxyl groups is 1. The first-order valence-corrected chi connectivity index (χ1v) is 13.5. The van der Waals surface area contributed by atoms with E-state index in [9.17, 15) is 45.4 Å². The summed E-state index contributed by atoms with van der Waals surface area (Å²) in [6, 6.07) is 2.87. The van der Waals surface area contributed by atoms with Crippen molar-refractivity contribution >= 4 is 11.9 Å². The Kier molecular flexibility index (Phi) is 8.56. The van der Waals surface area contributed by atoms with E-state index in [-0.39, 0.29) is 36.6 Å². The van der Waals surface area contributed by atoms with E-state index in [1.54, 1.807) is 13.0 Å². The molecule has 2 fully saturated rings. The van der Waals surface area contributed by atoms with Crippen LogP contribution in [0.3, 0.4) is 0 Å². The topological polar surface area (TPSA) is 64.1 Å². The molecule has 1 N–H and O–H groups in total. The molecule has 0 aliphatic carbocycles. The van der Waals surface area contributed by atoms with Crippen LogP contribution < -0.4 is 0 Å². The molecule has 6 nitrogen and oxygen atoms in total. The van der Waals surface area contributed by atoms with Crippen LogP contribution in [0.25, 0.3) is 0 Å². The number of fused-ring (bicyclic) bond motifs is 1. The zero-order chi connectivity index (χ0) is 31.3. The van der Waals surface area contributed by atoms with Crippen molar-refractivity contribution in [2.75, 3.05) is 26.7 Å². The summed E-state index contributed by atoms with van der Waals surface area (Å²) in [4.78, 5) is 30.7. The smallest absolute Gasteiger partial charge is 0.384 e. The van der Waals surface area contributed by atoms with Gasteiger partial charge in [0, 0.05) is 32.6 Å². The van der Waals surface area contributed by atoms with Crippen molar-refractivity contribution in [3.8, 4) is 0 Å². The number of rotatable bonds is 4. The molecule has 0 saturated carbocycles. The first kappa shape index (κ1) is 31.6. The molecule has 230 valence electrons. The molecule has 2 aliphatic rings. The molecule has 2 aromatic carbocycles. The predicted octanol–water partition coefficient (Wildman–Crippen LogP) is 6.19. The number of likely N-dealkylation sites (tertiary alicyclic amines) is 2. The molecule has 2 saturated heterocycles. The maximum Gasteiger partial charge on any atom is 0.416 e. The second kappa shape index (κ2) is 11.4. The number of carbonyl (C=O) groups is 2. The summed E-state index contributed by atoms with van der Waals surface area (Å²) in [6.07, 6.45) is -10.8. The van der Waals surface area contributed by atoms with Crippen molar-refractivity contribution in [3.05, 3.63) is 70.0 Å². The molecular formula is C29H32F7N3O3. The molecule has 0 spiro atoms. The van der Waals surface area contributed by atoms with Gasteiger partial charge < -0.3 is 19.8 Å². The highest BCUT2D eigenvalue weighted by Crippen LogP contribution is 2.46. The largest absolute Gasteiger partial charge is 0.416 e. The number of halogens is 7. The van der Waals surface area contributed by atoms with Gasteiger partial charge in [0.2, 0.25) is 0 Å². The minimum absolute atomic E-state index is 0.0382. The fraction of sp³-hybridized carbons (Fsp3) is 0.517. The minimum Gasteiger partial charge on any atom is -0.384 e. The number of aryl methyl sites for hydroxylation is 1. The van der Waals surface area contributed by atoms with E-state index < -0.39 is 59.4 Å². The Morgan fingerprint density at radius 3 is 2.10 bits per heavy atom. The number of urea groups is 1. The van der Waals surface area contributed by atoms with Crippen LogP contribution >= 0.6 is 0 Å². The molecule has 2 aliphatic heterocycles. The van der Waals surface area contributed by atoms with Crippen molar-refractivity contribution in [3.63, 3.8) is 0 Å². The van der Waals surface area contributed by atoms with E-state index >= 15 is 0 Å². The summed E-state index contributed by atoms with van der Waals surface area (Å²) in [7, 11) is 1.30. The summed E-state index contributed by atoms with van der Waals surface area (Å²) in [5.74, 6) is -1.31. The SMILES string of the molecule is Cc1cc(F)ccc1C1[C@@H]2CN(C(=O)[C@@H](C)O)CC2CCN1C(=O)N(C)[C@H](C)c1cc(C(F)(F)F)cc(C(F)(F)F)c1. The van der Waals surface area contributed by atoms with Crippen molar-refractivity contribution in [1.29, 1.82) is 0 Å². The monoisotopic (exact) mass is 603 g/mol. The van der Waals surface area contributed by atoms with E-state index in [4.69, 9.17) is 0 Å². The lowest BCUT2D eigenvalue weighted by molar-refractivity contribution is -0.143. The zero-order valence-corrected chi connectivity index (χ0v) is 23.4. The number of carbonyl (C=O) groups excluding carboxylic acids is 2. The lowest BCUT2D eigenvalue weighted by Crippen LogP contribution is -2.51. The molecule has 13 heteroatoms. The molecule has 4 rings (SSSR count). The summed E-state index contributed by atoms with van der Waals surface area (Å²) in [5.41, 5.74) is -2.14. The van der Waals surface area contributed by atoms with E-state index in [0.29, 0.717) is 36.2 Å². The third kappa shape index (κ3) is 6.20. The number of hydrogen-bond donors (Lipinski definition) is 1. The standard InChI is InChI=1S/C29H32F7N3O3/c1-15-9-22(30)5-6-23(15)25-24-14-38(26(41)17(3)40)13-18(24)7-8-39(25)27(42)37(4)16(2)19-10-20(28(31,32)33)12-21(11-19)29(34,35)36/h5-6,9-12,16-18,24-25,40H,7-8,13-14H2,1-4H3/t16-,17-,18?,24-,25?/m1/s1. The minimum atomic E-state index is -5.04. The number of nitrogens with zero attached hydrogens (tertiary/aromatic N) is 3. The van der Waals surface area contributed by atoms with Gasteiger partial charge in [0.1, 0.15) is 11.9 Å². The predicted molar refractivity (Wildman–Crippen MR) is 138 cm³/mol. The van der Waals surface area contributed by atoms with Gasteiger partial charge in [-0.2, -0.15) is 26.3 Å². The quantitative estimate of drug-likeness (QED) is 0.425. The Labute approximate surface area is 238 Å². The van der Waals surface area contributed by atoms with Crippen LogP contribution in [-0.2, 0) is 17.1 Å². The van der Waals surface area contributed by atoms with Crippen molar-refractivity contribution < 1.29 is 45.4 Å². The van der Waals surface area contributed by atoms with E-state index in [0.717, 1.165) is 4.90 Å². The average molecular weight is 604 g/mol. The van der Waals surface area contributed by atoms with Crippen LogP contribution in [0.4, 0.5) is 35.5 Å². The van der Waals surface area contributed by atoms with E-state index in [1.165, 1.54) is 42.8 Å². The molecule has 2 heterocycles. The first-order chi connectivity index (χ1) is 19.4. The molecule has 2 unspecified atom stereocenters. The van der Waals surface area contributed by atoms with Gasteiger partial charge in [0.15, 0.2) is 0 Å². The van der Waals surface area contributed by atoms with E-state index in [2.05, 4.69) is 0 Å². The second-order valence-electron chi connectivity index (χ2n) is 11.2. The van der Waals surface area contributed by atoms with Gasteiger partial charge in [-0.25, -0.2) is 9.18 Å². The number of alkyl halides is 6. The fourth-order valence-electron chi connectivity index (χ4n) is 6.08. The molecular weight excluding hydrogens is 571 g/mol. The van der Waals surface area contributed by atoms with Gasteiger partial charge in [-0.1, -0.05) is 6.07 Å². The molecule has 0 radical (unpaired) electrons. The molecule has 3 amide bonds. The van der Waals surface area contributed by atoms with Crippen LogP contribution in [0.1, 0.15) is 60.2 Å². The van der Waals surface area contributed by atoms with Gasteiger partial charge in [0.25, 0.3) is 5.91 Å². The van der Waals surface area contributed by atoms with Crippen LogP contribution in [0.5, 0.6) is 0 Å². The first-order valence-electron chi connectivity index (χ1n) is 13.5. The highest BCUT2D eigenvalue weighted by Gasteiger charge is 2.48. The summed E-state index contributed by atoms with van der Waals surface area (Å²) in [5, 5.41) is 9.85. The Morgan fingerprint density at radius 1 is 0.976 bits per heavy atom. The number of hydrogen-bond acceptors (Lipinski definition) is 3. The van der Waals surface area contributed by atoms with Crippen molar-refractivity contribution in [2.24, 2.45) is 11.8 Å². The van der Waals surface area contributed by atoms with Crippen molar-refractivity contribution in [1.82, 2.24) is 14.7 Å². The van der Waals surface area contributed by atoms with Crippen molar-refractivity contribution in [2.45, 2.75) is 57.7 Å². The summed E-state index contributed by atoms with van der Waals surface area (Å²) in [6.45, 7) is 5.12. The molecule has 42 heavy (non-hydrogen) atoms. The van der Waals surface area contributed by atoms with Crippen LogP contribution in [0, 0.1) is 24.6 Å². The van der Waals surface area contributed by atoms with E-state index in [1.807, 2.05) is 0 Å². The van der Waals surface area contributed by atoms with Gasteiger partial charge in [-0.15, -0.1) is 0 Å². The second-order valence-corrected chi connectivity index (χ2v) is 11.2. The lowest BCUT2D eigenvalue weighted by atomic mass is 9.78. The Bertz CT molecular complexity index is 1310. The Hall–Kier alpha value is -3.35. The molecule has 0 bridgehead atoms. The molecule has 5 atom stereocenters.